The molecule has 0 aliphatic rings. The van der Waals surface area contributed by atoms with E-state index in [1.54, 1.807) is 0 Å². The van der Waals surface area contributed by atoms with Gasteiger partial charge in [0, 0.05) is 49.3 Å². The number of fused-ring (bicyclic) bond motifs is 10. The van der Waals surface area contributed by atoms with Gasteiger partial charge in [-0.3, -0.25) is 4.57 Å². The summed E-state index contributed by atoms with van der Waals surface area (Å²) in [5, 5.41) is 10.3. The van der Waals surface area contributed by atoms with E-state index in [9.17, 15) is 0 Å². The minimum atomic E-state index is 0.932. The maximum Gasteiger partial charge on any atom is 0.145 e. The zero-order valence-electron chi connectivity index (χ0n) is 27.5. The van der Waals surface area contributed by atoms with Gasteiger partial charge < -0.3 is 8.97 Å². The molecule has 0 N–H and O–H groups in total. The van der Waals surface area contributed by atoms with Crippen LogP contribution >= 0.6 is 0 Å². The van der Waals surface area contributed by atoms with E-state index in [1.807, 2.05) is 0 Å². The smallest absolute Gasteiger partial charge is 0.145 e. The summed E-state index contributed by atoms with van der Waals surface area (Å²) in [6.07, 6.45) is 0. The highest BCUT2D eigenvalue weighted by atomic mass is 15.1. The second-order valence-electron chi connectivity index (χ2n) is 13.6. The first kappa shape index (κ1) is 27.0. The maximum absolute atomic E-state index is 5.13. The minimum Gasteiger partial charge on any atom is -0.309 e. The van der Waals surface area contributed by atoms with Gasteiger partial charge >= 0.3 is 0 Å². The van der Waals surface area contributed by atoms with Crippen LogP contribution in [-0.4, -0.2) is 18.5 Å². The van der Waals surface area contributed by atoms with Crippen LogP contribution < -0.4 is 0 Å². The molecule has 12 rings (SSSR count). The Morgan fingerprint density at radius 3 is 1.76 bits per heavy atom. The van der Waals surface area contributed by atoms with Crippen molar-refractivity contribution in [1.82, 2.24) is 18.5 Å². The highest BCUT2D eigenvalue weighted by molar-refractivity contribution is 6.33. The van der Waals surface area contributed by atoms with Gasteiger partial charge in [-0.25, -0.2) is 4.98 Å². The first-order valence-corrected chi connectivity index (χ1v) is 17.5. The maximum atomic E-state index is 5.13. The molecule has 12 aromatic rings. The lowest BCUT2D eigenvalue weighted by atomic mass is 9.96. The SMILES string of the molecule is c1ccc(-n2c(-c3ccc(-n4c5ccccc5c5c6cccc7c8cccc9c%10ccccc%10n(c(cc54)c76)c89)cc3)nc3ccccc32)cc1. The molecule has 0 aliphatic carbocycles. The average Bonchev–Trinajstić information content (AvgIpc) is 3.86. The van der Waals surface area contributed by atoms with Crippen LogP contribution in [0.3, 0.4) is 0 Å². The van der Waals surface area contributed by atoms with E-state index < -0.39 is 0 Å². The number of nitrogens with zero attached hydrogens (tertiary/aromatic N) is 4. The van der Waals surface area contributed by atoms with Gasteiger partial charge in [-0.05, 0) is 77.5 Å². The normalized spacial score (nSPS) is 12.3. The van der Waals surface area contributed by atoms with E-state index in [4.69, 9.17) is 4.98 Å². The Kier molecular flexibility index (Phi) is 5.20. The molecule has 0 saturated carbocycles. The molecule has 4 heterocycles. The van der Waals surface area contributed by atoms with Crippen molar-refractivity contribution in [3.8, 4) is 22.8 Å². The molecule has 0 spiro atoms. The van der Waals surface area contributed by atoms with Crippen molar-refractivity contribution in [2.24, 2.45) is 0 Å². The number of hydrogen-bond donors (Lipinski definition) is 0. The quantitative estimate of drug-likeness (QED) is 0.138. The number of benzene rings is 8. The minimum absolute atomic E-state index is 0.932. The van der Waals surface area contributed by atoms with Gasteiger partial charge in [-0.2, -0.15) is 0 Å². The zero-order chi connectivity index (χ0) is 33.2. The Morgan fingerprint density at radius 2 is 0.941 bits per heavy atom. The van der Waals surface area contributed by atoms with E-state index in [1.165, 1.54) is 70.7 Å². The third-order valence-corrected chi connectivity index (χ3v) is 11.0. The highest BCUT2D eigenvalue weighted by Gasteiger charge is 2.22. The molecule has 0 atom stereocenters. The molecule has 0 unspecified atom stereocenters. The molecule has 4 aromatic heterocycles. The van der Waals surface area contributed by atoms with E-state index in [0.29, 0.717) is 0 Å². The molecule has 0 radical (unpaired) electrons. The molecule has 4 heteroatoms. The molecule has 236 valence electrons. The number of aromatic nitrogens is 4. The van der Waals surface area contributed by atoms with Crippen LogP contribution in [-0.2, 0) is 0 Å². The molecule has 4 nitrogen and oxygen atoms in total. The van der Waals surface area contributed by atoms with Crippen molar-refractivity contribution in [1.29, 1.82) is 0 Å². The molecule has 0 amide bonds. The first-order chi connectivity index (χ1) is 25.3. The number of imidazole rings is 1. The van der Waals surface area contributed by atoms with Gasteiger partial charge in [0.05, 0.1) is 38.6 Å². The fourth-order valence-corrected chi connectivity index (χ4v) is 8.90. The Balaban J connectivity index is 1.16. The van der Waals surface area contributed by atoms with Crippen molar-refractivity contribution >= 4 is 81.7 Å². The summed E-state index contributed by atoms with van der Waals surface area (Å²) >= 11 is 0. The number of para-hydroxylation sites is 6. The molecule has 0 aliphatic heterocycles. The summed E-state index contributed by atoms with van der Waals surface area (Å²) in [4.78, 5) is 5.13. The van der Waals surface area contributed by atoms with Crippen LogP contribution in [0.25, 0.3) is 104 Å². The van der Waals surface area contributed by atoms with E-state index in [2.05, 4.69) is 183 Å². The Hall–Kier alpha value is -6.91. The number of hydrogen-bond acceptors (Lipinski definition) is 1. The van der Waals surface area contributed by atoms with Gasteiger partial charge in [0.2, 0.25) is 0 Å². The van der Waals surface area contributed by atoms with Gasteiger partial charge in [-0.1, -0.05) is 103 Å². The van der Waals surface area contributed by atoms with Crippen LogP contribution in [0.4, 0.5) is 0 Å². The largest absolute Gasteiger partial charge is 0.309 e. The van der Waals surface area contributed by atoms with Crippen molar-refractivity contribution < 1.29 is 0 Å². The van der Waals surface area contributed by atoms with Crippen LogP contribution in [0.1, 0.15) is 0 Å². The monoisotopic (exact) mass is 648 g/mol. The summed E-state index contributed by atoms with van der Waals surface area (Å²) in [6.45, 7) is 0. The summed E-state index contributed by atoms with van der Waals surface area (Å²) < 4.78 is 7.22. The summed E-state index contributed by atoms with van der Waals surface area (Å²) in [6, 6.07) is 61.6. The van der Waals surface area contributed by atoms with Crippen LogP contribution in [0, 0.1) is 0 Å². The fraction of sp³-hybridized carbons (Fsp3) is 0. The van der Waals surface area contributed by atoms with Gasteiger partial charge in [-0.15, -0.1) is 0 Å². The van der Waals surface area contributed by atoms with Crippen LogP contribution in [0.2, 0.25) is 0 Å². The predicted octanol–water partition coefficient (Wildman–Crippen LogP) is 12.1. The lowest BCUT2D eigenvalue weighted by molar-refractivity contribution is 1.10. The Morgan fingerprint density at radius 1 is 0.353 bits per heavy atom. The predicted molar refractivity (Wildman–Crippen MR) is 213 cm³/mol. The lowest BCUT2D eigenvalue weighted by Crippen LogP contribution is -1.98. The van der Waals surface area contributed by atoms with Crippen LogP contribution in [0.15, 0.2) is 170 Å². The van der Waals surface area contributed by atoms with Gasteiger partial charge in [0.1, 0.15) is 5.82 Å². The third kappa shape index (κ3) is 3.50. The second kappa shape index (κ2) is 9.84. The topological polar surface area (TPSA) is 27.2 Å². The Bertz CT molecular complexity index is 3340. The van der Waals surface area contributed by atoms with Crippen molar-refractivity contribution in [3.63, 3.8) is 0 Å². The van der Waals surface area contributed by atoms with Crippen molar-refractivity contribution in [2.75, 3.05) is 0 Å². The summed E-state index contributed by atoms with van der Waals surface area (Å²) in [5.41, 5.74) is 11.5. The summed E-state index contributed by atoms with van der Waals surface area (Å²) in [5.74, 6) is 0.932. The van der Waals surface area contributed by atoms with E-state index in [0.717, 1.165) is 33.8 Å². The number of rotatable bonds is 3. The van der Waals surface area contributed by atoms with Crippen molar-refractivity contribution in [2.45, 2.75) is 0 Å². The molecule has 51 heavy (non-hydrogen) atoms. The standard InChI is InChI=1S/C47H28N4/c1-2-12-30(13-3-1)50-41-23-9-6-20-38(41)48-47(50)29-24-26-31(27-25-29)49-40-22-8-5-15-36(40)45-37-19-10-16-33-35-18-11-17-34-32-14-4-7-21-39(32)51(46(34)35)43(44(33)37)28-42(45)49/h1-28H. The Labute approximate surface area is 292 Å². The molecular formula is C47H28N4. The van der Waals surface area contributed by atoms with Gasteiger partial charge in [0.25, 0.3) is 0 Å². The highest BCUT2D eigenvalue weighted by Crippen LogP contribution is 2.45. The molecule has 8 aromatic carbocycles. The van der Waals surface area contributed by atoms with E-state index in [-0.39, 0.29) is 0 Å². The third-order valence-electron chi connectivity index (χ3n) is 11.0. The fourth-order valence-electron chi connectivity index (χ4n) is 8.90. The second-order valence-corrected chi connectivity index (χ2v) is 13.6. The zero-order valence-corrected chi connectivity index (χ0v) is 27.5. The summed E-state index contributed by atoms with van der Waals surface area (Å²) in [7, 11) is 0. The van der Waals surface area contributed by atoms with E-state index >= 15 is 0 Å². The average molecular weight is 649 g/mol. The molecule has 0 fully saturated rings. The molecule has 0 bridgehead atoms. The molecule has 0 saturated heterocycles. The lowest BCUT2D eigenvalue weighted by Gasteiger charge is -2.15. The molecular weight excluding hydrogens is 621 g/mol. The number of pyridine rings is 1. The van der Waals surface area contributed by atoms with Crippen molar-refractivity contribution in [3.05, 3.63) is 170 Å². The van der Waals surface area contributed by atoms with Crippen LogP contribution in [0.5, 0.6) is 0 Å². The van der Waals surface area contributed by atoms with Gasteiger partial charge in [0.15, 0.2) is 0 Å². The first-order valence-electron chi connectivity index (χ1n) is 17.5.